The van der Waals surface area contributed by atoms with Gasteiger partial charge in [0.05, 0.1) is 0 Å². The van der Waals surface area contributed by atoms with Gasteiger partial charge < -0.3 is 15.3 Å². The van der Waals surface area contributed by atoms with Gasteiger partial charge in [0.1, 0.15) is 0 Å². The zero-order chi connectivity index (χ0) is 13.9. The topological polar surface area (TPSA) is 48.4 Å². The normalized spacial score (nSPS) is 12.8. The van der Waals surface area contributed by atoms with E-state index < -0.39 is 0 Å². The highest BCUT2D eigenvalue weighted by atomic mass is 16.3. The van der Waals surface area contributed by atoms with Gasteiger partial charge in [0, 0.05) is 38.1 Å². The predicted octanol–water partition coefficient (Wildman–Crippen LogP) is 1.31. The van der Waals surface area contributed by atoms with Crippen LogP contribution >= 0.6 is 0 Å². The molecule has 2 N–H and O–H groups in total. The van der Waals surface area contributed by atoms with E-state index in [1.807, 2.05) is 12.4 Å². The molecule has 0 aliphatic carbocycles. The molecule has 0 saturated carbocycles. The van der Waals surface area contributed by atoms with Crippen molar-refractivity contribution in [1.29, 1.82) is 0 Å². The van der Waals surface area contributed by atoms with E-state index in [0.717, 1.165) is 38.9 Å². The van der Waals surface area contributed by atoms with E-state index in [9.17, 15) is 0 Å². The third-order valence-corrected chi connectivity index (χ3v) is 3.22. The number of hydrogen-bond acceptors (Lipinski definition) is 4. The SMILES string of the molecule is CCCNC(CCO)CN(C)CCc1ccncc1. The van der Waals surface area contributed by atoms with Gasteiger partial charge in [0.25, 0.3) is 0 Å². The highest BCUT2D eigenvalue weighted by Crippen LogP contribution is 2.01. The van der Waals surface area contributed by atoms with Gasteiger partial charge in [-0.15, -0.1) is 0 Å². The second-order valence-corrected chi connectivity index (χ2v) is 5.03. The highest BCUT2D eigenvalue weighted by Gasteiger charge is 2.10. The van der Waals surface area contributed by atoms with Crippen LogP contribution in [0.2, 0.25) is 0 Å². The summed E-state index contributed by atoms with van der Waals surface area (Å²) in [5, 5.41) is 12.6. The van der Waals surface area contributed by atoms with Crippen molar-refractivity contribution in [2.75, 3.05) is 33.3 Å². The molecular formula is C15H27N3O. The van der Waals surface area contributed by atoms with Crippen molar-refractivity contribution in [2.24, 2.45) is 0 Å². The van der Waals surface area contributed by atoms with Crippen LogP contribution in [0.15, 0.2) is 24.5 Å². The summed E-state index contributed by atoms with van der Waals surface area (Å²) in [5.74, 6) is 0. The van der Waals surface area contributed by atoms with Gasteiger partial charge >= 0.3 is 0 Å². The molecule has 0 spiro atoms. The molecule has 1 rings (SSSR count). The quantitative estimate of drug-likeness (QED) is 0.669. The minimum Gasteiger partial charge on any atom is -0.396 e. The second-order valence-electron chi connectivity index (χ2n) is 5.03. The van der Waals surface area contributed by atoms with E-state index >= 15 is 0 Å². The molecule has 19 heavy (non-hydrogen) atoms. The van der Waals surface area contributed by atoms with Gasteiger partial charge in [-0.25, -0.2) is 0 Å². The Morgan fingerprint density at radius 1 is 1.37 bits per heavy atom. The lowest BCUT2D eigenvalue weighted by molar-refractivity contribution is 0.230. The molecule has 1 aromatic heterocycles. The van der Waals surface area contributed by atoms with Crippen LogP contribution in [0.3, 0.4) is 0 Å². The monoisotopic (exact) mass is 265 g/mol. The average Bonchev–Trinajstić information content (AvgIpc) is 2.44. The first-order valence-corrected chi connectivity index (χ1v) is 7.18. The lowest BCUT2D eigenvalue weighted by Crippen LogP contribution is -2.41. The summed E-state index contributed by atoms with van der Waals surface area (Å²) in [6.45, 7) is 5.43. The number of nitrogens with one attached hydrogen (secondary N) is 1. The molecule has 0 aliphatic heterocycles. The van der Waals surface area contributed by atoms with Crippen molar-refractivity contribution in [2.45, 2.75) is 32.2 Å². The van der Waals surface area contributed by atoms with Crippen LogP contribution in [-0.4, -0.2) is 54.3 Å². The number of pyridine rings is 1. The third kappa shape index (κ3) is 7.25. The van der Waals surface area contributed by atoms with Crippen molar-refractivity contribution in [1.82, 2.24) is 15.2 Å². The molecule has 108 valence electrons. The molecule has 1 heterocycles. The van der Waals surface area contributed by atoms with Gasteiger partial charge in [-0.1, -0.05) is 6.92 Å². The second kappa shape index (κ2) is 9.89. The number of hydrogen-bond donors (Lipinski definition) is 2. The summed E-state index contributed by atoms with van der Waals surface area (Å²) >= 11 is 0. The fourth-order valence-electron chi connectivity index (χ4n) is 2.10. The first-order chi connectivity index (χ1) is 9.26. The van der Waals surface area contributed by atoms with Crippen molar-refractivity contribution in [3.05, 3.63) is 30.1 Å². The molecule has 4 nitrogen and oxygen atoms in total. The van der Waals surface area contributed by atoms with Gasteiger partial charge in [-0.2, -0.15) is 0 Å². The molecule has 0 fully saturated rings. The van der Waals surface area contributed by atoms with Crippen molar-refractivity contribution in [3.63, 3.8) is 0 Å². The van der Waals surface area contributed by atoms with Crippen molar-refractivity contribution < 1.29 is 5.11 Å². The van der Waals surface area contributed by atoms with E-state index in [4.69, 9.17) is 5.11 Å². The Bertz CT molecular complexity index is 318. The molecule has 0 saturated heterocycles. The zero-order valence-electron chi connectivity index (χ0n) is 12.2. The fourth-order valence-corrected chi connectivity index (χ4v) is 2.10. The summed E-state index contributed by atoms with van der Waals surface area (Å²) < 4.78 is 0. The molecule has 1 atom stereocenters. The van der Waals surface area contributed by atoms with Gasteiger partial charge in [0.2, 0.25) is 0 Å². The van der Waals surface area contributed by atoms with Crippen molar-refractivity contribution >= 4 is 0 Å². The van der Waals surface area contributed by atoms with Crippen LogP contribution in [0.5, 0.6) is 0 Å². The molecule has 1 aromatic rings. The molecule has 0 aliphatic rings. The largest absolute Gasteiger partial charge is 0.396 e. The van der Waals surface area contributed by atoms with Gasteiger partial charge in [0.15, 0.2) is 0 Å². The van der Waals surface area contributed by atoms with E-state index in [-0.39, 0.29) is 6.61 Å². The Labute approximate surface area is 116 Å². The van der Waals surface area contributed by atoms with Gasteiger partial charge in [-0.05, 0) is 50.6 Å². The number of nitrogens with zero attached hydrogens (tertiary/aromatic N) is 2. The zero-order valence-corrected chi connectivity index (χ0v) is 12.2. The average molecular weight is 265 g/mol. The third-order valence-electron chi connectivity index (χ3n) is 3.22. The first-order valence-electron chi connectivity index (χ1n) is 7.18. The van der Waals surface area contributed by atoms with Crippen LogP contribution in [0.25, 0.3) is 0 Å². The number of likely N-dealkylation sites (N-methyl/N-ethyl adjacent to an activating group) is 1. The van der Waals surface area contributed by atoms with Crippen LogP contribution in [0.4, 0.5) is 0 Å². The van der Waals surface area contributed by atoms with E-state index in [1.165, 1.54) is 5.56 Å². The van der Waals surface area contributed by atoms with Crippen LogP contribution in [0, 0.1) is 0 Å². The lowest BCUT2D eigenvalue weighted by Gasteiger charge is -2.24. The highest BCUT2D eigenvalue weighted by molar-refractivity contribution is 5.09. The Hall–Kier alpha value is -0.970. The minimum absolute atomic E-state index is 0.250. The smallest absolute Gasteiger partial charge is 0.0446 e. The molecular weight excluding hydrogens is 238 g/mol. The van der Waals surface area contributed by atoms with Crippen LogP contribution < -0.4 is 5.32 Å². The maximum Gasteiger partial charge on any atom is 0.0446 e. The van der Waals surface area contributed by atoms with Crippen LogP contribution in [0.1, 0.15) is 25.3 Å². The lowest BCUT2D eigenvalue weighted by atomic mass is 10.1. The summed E-state index contributed by atoms with van der Waals surface area (Å²) in [6.07, 6.45) is 6.67. The summed E-state index contributed by atoms with van der Waals surface area (Å²) in [7, 11) is 2.14. The maximum absolute atomic E-state index is 9.09. The van der Waals surface area contributed by atoms with Crippen LogP contribution in [-0.2, 0) is 6.42 Å². The number of rotatable bonds is 10. The first kappa shape index (κ1) is 16.1. The summed E-state index contributed by atoms with van der Waals surface area (Å²) in [4.78, 5) is 6.35. The molecule has 4 heteroatoms. The number of aliphatic hydroxyl groups is 1. The molecule has 0 aromatic carbocycles. The Kier molecular flexibility index (Phi) is 8.38. The Morgan fingerprint density at radius 2 is 2.11 bits per heavy atom. The Balaban J connectivity index is 2.29. The van der Waals surface area contributed by atoms with Crippen molar-refractivity contribution in [3.8, 4) is 0 Å². The molecule has 1 unspecified atom stereocenters. The molecule has 0 amide bonds. The minimum atomic E-state index is 0.250. The van der Waals surface area contributed by atoms with Gasteiger partial charge in [-0.3, -0.25) is 4.98 Å². The summed E-state index contributed by atoms with van der Waals surface area (Å²) in [5.41, 5.74) is 1.32. The Morgan fingerprint density at radius 3 is 2.74 bits per heavy atom. The fraction of sp³-hybridized carbons (Fsp3) is 0.667. The van der Waals surface area contributed by atoms with E-state index in [2.05, 4.69) is 41.3 Å². The predicted molar refractivity (Wildman–Crippen MR) is 79.2 cm³/mol. The summed E-state index contributed by atoms with van der Waals surface area (Å²) in [6, 6.07) is 4.51. The maximum atomic E-state index is 9.09. The number of aromatic nitrogens is 1. The van der Waals surface area contributed by atoms with E-state index in [0.29, 0.717) is 6.04 Å². The van der Waals surface area contributed by atoms with E-state index in [1.54, 1.807) is 0 Å². The molecule has 0 radical (unpaired) electrons. The molecule has 0 bridgehead atoms. The number of aliphatic hydroxyl groups excluding tert-OH is 1. The standard InChI is InChI=1S/C15H27N3O/c1-3-8-17-15(7-12-19)13-18(2)11-6-14-4-9-16-10-5-14/h4-5,9-10,15,17,19H,3,6-8,11-13H2,1-2H3.